The fourth-order valence-electron chi connectivity index (χ4n) is 3.75. The van der Waals surface area contributed by atoms with Crippen molar-refractivity contribution >= 4 is 0 Å². The molecule has 0 aliphatic heterocycles. The largest absolute Gasteiger partial charge is 0.422 e. The van der Waals surface area contributed by atoms with Crippen LogP contribution in [0.2, 0.25) is 0 Å². The molecule has 0 bridgehead atoms. The van der Waals surface area contributed by atoms with E-state index in [2.05, 4.69) is 0 Å². The maximum atomic E-state index is 13.6. The van der Waals surface area contributed by atoms with Crippen LogP contribution in [0.1, 0.15) is 62.5 Å². The molecule has 0 N–H and O–H groups in total. The van der Waals surface area contributed by atoms with Crippen molar-refractivity contribution in [3.63, 3.8) is 0 Å². The number of hydrogen-bond donors (Lipinski definition) is 0. The van der Waals surface area contributed by atoms with Crippen LogP contribution in [0.3, 0.4) is 0 Å². The Balaban J connectivity index is 1.83. The monoisotopic (exact) mass is 366 g/mol. The lowest BCUT2D eigenvalue weighted by Gasteiger charge is -2.28. The number of rotatable bonds is 7. The molecule has 1 aliphatic rings. The molecule has 0 aromatic heterocycles. The predicted molar refractivity (Wildman–Crippen MR) is 85.0 cm³/mol. The van der Waals surface area contributed by atoms with Gasteiger partial charge in [-0.1, -0.05) is 38.5 Å². The van der Waals surface area contributed by atoms with Crippen LogP contribution in [-0.4, -0.2) is 6.67 Å². The lowest BCUT2D eigenvalue weighted by molar-refractivity contribution is -0.142. The summed E-state index contributed by atoms with van der Waals surface area (Å²) in [5, 5.41) is 0. The van der Waals surface area contributed by atoms with Crippen LogP contribution in [-0.2, 0) is 12.6 Å². The molecule has 1 fully saturated rings. The van der Waals surface area contributed by atoms with Gasteiger partial charge in [0.05, 0.1) is 6.67 Å². The van der Waals surface area contributed by atoms with Crippen molar-refractivity contribution in [3.8, 4) is 0 Å². The Morgan fingerprint density at radius 1 is 0.840 bits per heavy atom. The van der Waals surface area contributed by atoms with Gasteiger partial charge in [0.25, 0.3) is 0 Å². The molecule has 1 aliphatic carbocycles. The van der Waals surface area contributed by atoms with E-state index < -0.39 is 23.4 Å². The van der Waals surface area contributed by atoms with Gasteiger partial charge in [-0.3, -0.25) is 4.39 Å². The van der Waals surface area contributed by atoms with Gasteiger partial charge in [-0.2, -0.15) is 13.2 Å². The molecule has 0 nitrogen and oxygen atoms in total. The van der Waals surface area contributed by atoms with Gasteiger partial charge >= 0.3 is 6.18 Å². The van der Waals surface area contributed by atoms with Crippen LogP contribution in [0.25, 0.3) is 0 Å². The highest BCUT2D eigenvalue weighted by molar-refractivity contribution is 5.28. The number of alkyl halides is 4. The van der Waals surface area contributed by atoms with E-state index in [1.807, 2.05) is 0 Å². The van der Waals surface area contributed by atoms with Gasteiger partial charge in [0.2, 0.25) is 0 Å². The van der Waals surface area contributed by atoms with Gasteiger partial charge < -0.3 is 0 Å². The highest BCUT2D eigenvalue weighted by atomic mass is 19.4. The van der Waals surface area contributed by atoms with E-state index in [4.69, 9.17) is 0 Å². The van der Waals surface area contributed by atoms with E-state index in [1.54, 1.807) is 0 Å². The minimum Gasteiger partial charge on any atom is -0.251 e. The van der Waals surface area contributed by atoms with Crippen LogP contribution < -0.4 is 0 Å². The fraction of sp³-hybridized carbons (Fsp3) is 0.684. The molecule has 0 spiro atoms. The van der Waals surface area contributed by atoms with E-state index in [1.165, 1.54) is 0 Å². The molecule has 0 radical (unpaired) electrons. The van der Waals surface area contributed by atoms with E-state index in [0.29, 0.717) is 24.7 Å². The summed E-state index contributed by atoms with van der Waals surface area (Å²) in [6, 6.07) is 1.60. The van der Waals surface area contributed by atoms with Gasteiger partial charge in [-0.15, -0.1) is 0 Å². The average molecular weight is 366 g/mol. The Bertz CT molecular complexity index is 520. The van der Waals surface area contributed by atoms with Gasteiger partial charge in [0, 0.05) is 0 Å². The Kier molecular flexibility index (Phi) is 7.20. The average Bonchev–Trinajstić information content (AvgIpc) is 2.52. The van der Waals surface area contributed by atoms with Crippen molar-refractivity contribution in [2.45, 2.75) is 64.0 Å². The van der Waals surface area contributed by atoms with E-state index in [9.17, 15) is 26.3 Å². The SMILES string of the molecule is FCCCCC1CCC(CCc2cc(F)c(C(F)(F)F)c(F)c2)CC1. The molecule has 2 rings (SSSR count). The number of aryl methyl sites for hydroxylation is 1. The quantitative estimate of drug-likeness (QED) is 0.365. The molecule has 0 heterocycles. The summed E-state index contributed by atoms with van der Waals surface area (Å²) in [5.41, 5.74) is -1.54. The summed E-state index contributed by atoms with van der Waals surface area (Å²) in [5.74, 6) is -2.02. The van der Waals surface area contributed by atoms with Gasteiger partial charge in [-0.05, 0) is 48.8 Å². The Morgan fingerprint density at radius 2 is 1.36 bits per heavy atom. The molecule has 1 aromatic rings. The van der Waals surface area contributed by atoms with Gasteiger partial charge in [-0.25, -0.2) is 8.78 Å². The molecule has 6 heteroatoms. The van der Waals surface area contributed by atoms with Crippen molar-refractivity contribution in [1.82, 2.24) is 0 Å². The standard InChI is InChI=1S/C19H24F6/c20-10-2-1-3-13-4-6-14(7-5-13)8-9-15-11-16(21)18(17(22)12-15)19(23,24)25/h11-14H,1-10H2. The van der Waals surface area contributed by atoms with Crippen molar-refractivity contribution in [2.24, 2.45) is 11.8 Å². The number of benzene rings is 1. The zero-order valence-electron chi connectivity index (χ0n) is 14.1. The van der Waals surface area contributed by atoms with Crippen LogP contribution in [0, 0.1) is 23.5 Å². The highest BCUT2D eigenvalue weighted by Gasteiger charge is 2.37. The zero-order chi connectivity index (χ0) is 18.4. The summed E-state index contributed by atoms with van der Waals surface area (Å²) < 4.78 is 77.0. The smallest absolute Gasteiger partial charge is 0.251 e. The first-order chi connectivity index (χ1) is 11.8. The molecule has 25 heavy (non-hydrogen) atoms. The van der Waals surface area contributed by atoms with E-state index in [0.717, 1.165) is 57.1 Å². The summed E-state index contributed by atoms with van der Waals surface area (Å²) in [6.45, 7) is -0.268. The van der Waals surface area contributed by atoms with Crippen LogP contribution in [0.15, 0.2) is 12.1 Å². The Hall–Kier alpha value is -1.20. The normalized spacial score (nSPS) is 21.5. The first kappa shape index (κ1) is 20.1. The minimum atomic E-state index is -5.02. The highest BCUT2D eigenvalue weighted by Crippen LogP contribution is 2.36. The molecular weight excluding hydrogens is 342 g/mol. The maximum absolute atomic E-state index is 13.6. The van der Waals surface area contributed by atoms with Gasteiger partial charge in [0.15, 0.2) is 0 Å². The Labute approximate surface area is 144 Å². The number of hydrogen-bond acceptors (Lipinski definition) is 0. The molecule has 1 saturated carbocycles. The van der Waals surface area contributed by atoms with Crippen molar-refractivity contribution in [2.75, 3.05) is 6.67 Å². The molecule has 0 saturated heterocycles. The lowest BCUT2D eigenvalue weighted by Crippen LogP contribution is -2.16. The topological polar surface area (TPSA) is 0 Å². The third-order valence-electron chi connectivity index (χ3n) is 5.19. The maximum Gasteiger partial charge on any atom is 0.422 e. The fourth-order valence-corrected chi connectivity index (χ4v) is 3.75. The minimum absolute atomic E-state index is 0.268. The molecular formula is C19H24F6. The second-order valence-corrected chi connectivity index (χ2v) is 7.04. The lowest BCUT2D eigenvalue weighted by atomic mass is 9.78. The third kappa shape index (κ3) is 5.93. The zero-order valence-corrected chi connectivity index (χ0v) is 14.1. The van der Waals surface area contributed by atoms with Crippen molar-refractivity contribution < 1.29 is 26.3 Å². The van der Waals surface area contributed by atoms with E-state index in [-0.39, 0.29) is 12.2 Å². The first-order valence-corrected chi connectivity index (χ1v) is 8.92. The second kappa shape index (κ2) is 8.95. The Morgan fingerprint density at radius 3 is 1.84 bits per heavy atom. The summed E-state index contributed by atoms with van der Waals surface area (Å²) >= 11 is 0. The summed E-state index contributed by atoms with van der Waals surface area (Å²) in [6.07, 6.45) is 2.85. The van der Waals surface area contributed by atoms with Crippen LogP contribution >= 0.6 is 0 Å². The molecule has 1 aromatic carbocycles. The number of halogens is 6. The van der Waals surface area contributed by atoms with Crippen molar-refractivity contribution in [1.29, 1.82) is 0 Å². The molecule has 142 valence electrons. The van der Waals surface area contributed by atoms with E-state index >= 15 is 0 Å². The molecule has 0 unspecified atom stereocenters. The predicted octanol–water partition coefficient (Wildman–Crippen LogP) is 6.86. The third-order valence-corrected chi connectivity index (χ3v) is 5.19. The number of unbranched alkanes of at least 4 members (excludes halogenated alkanes) is 1. The molecule has 0 amide bonds. The van der Waals surface area contributed by atoms with Crippen molar-refractivity contribution in [3.05, 3.63) is 34.9 Å². The molecule has 0 atom stereocenters. The van der Waals surface area contributed by atoms with Crippen LogP contribution in [0.5, 0.6) is 0 Å². The second-order valence-electron chi connectivity index (χ2n) is 7.04. The summed E-state index contributed by atoms with van der Waals surface area (Å²) in [7, 11) is 0. The van der Waals surface area contributed by atoms with Crippen LogP contribution in [0.4, 0.5) is 26.3 Å². The van der Waals surface area contributed by atoms with Gasteiger partial charge in [0.1, 0.15) is 17.2 Å². The first-order valence-electron chi connectivity index (χ1n) is 8.92. The summed E-state index contributed by atoms with van der Waals surface area (Å²) in [4.78, 5) is 0.